The van der Waals surface area contributed by atoms with Crippen LogP contribution in [0, 0.1) is 0 Å². The normalized spacial score (nSPS) is 14.0. The summed E-state index contributed by atoms with van der Waals surface area (Å²) >= 11 is 0. The zero-order chi connectivity index (χ0) is 25.9. The Morgan fingerprint density at radius 3 is 2.44 bits per heavy atom. The fraction of sp³-hybridized carbons (Fsp3) is 0.250. The van der Waals surface area contributed by atoms with Crippen molar-refractivity contribution in [2.45, 2.75) is 31.1 Å². The molecule has 0 radical (unpaired) electrons. The maximum Gasteiger partial charge on any atom is 0.420 e. The monoisotopic (exact) mass is 501 g/mol. The summed E-state index contributed by atoms with van der Waals surface area (Å²) in [5.74, 6) is -0.872. The molecule has 1 saturated carbocycles. The van der Waals surface area contributed by atoms with Crippen molar-refractivity contribution in [3.8, 4) is 17.2 Å². The third-order valence-electron chi connectivity index (χ3n) is 5.53. The summed E-state index contributed by atoms with van der Waals surface area (Å²) in [6, 6.07) is 9.25. The molecule has 9 nitrogen and oxygen atoms in total. The van der Waals surface area contributed by atoms with Gasteiger partial charge in [-0.1, -0.05) is 0 Å². The average molecular weight is 501 g/mol. The fourth-order valence-electron chi connectivity index (χ4n) is 3.40. The van der Waals surface area contributed by atoms with Crippen molar-refractivity contribution >= 4 is 17.6 Å². The number of aromatic nitrogens is 2. The maximum absolute atomic E-state index is 13.4. The summed E-state index contributed by atoms with van der Waals surface area (Å²) < 4.78 is 50.4. The second kappa shape index (κ2) is 9.72. The van der Waals surface area contributed by atoms with Crippen LogP contribution in [0.15, 0.2) is 54.9 Å². The number of carbonyl (C=O) groups excluding carboxylic acids is 2. The van der Waals surface area contributed by atoms with Gasteiger partial charge in [0.15, 0.2) is 0 Å². The molecule has 2 heterocycles. The molecule has 12 heteroatoms. The van der Waals surface area contributed by atoms with E-state index in [-0.39, 0.29) is 29.8 Å². The Balaban J connectivity index is 1.36. The molecule has 4 N–H and O–H groups in total. The van der Waals surface area contributed by atoms with Gasteiger partial charge in [-0.3, -0.25) is 14.6 Å². The summed E-state index contributed by atoms with van der Waals surface area (Å²) in [5.41, 5.74) is 4.35. The molecule has 1 aliphatic carbocycles. The zero-order valence-corrected chi connectivity index (χ0v) is 19.1. The molecule has 1 aromatic carbocycles. The van der Waals surface area contributed by atoms with E-state index in [0.29, 0.717) is 24.1 Å². The Kier molecular flexibility index (Phi) is 6.69. The van der Waals surface area contributed by atoms with Gasteiger partial charge >= 0.3 is 6.18 Å². The molecule has 0 unspecified atom stereocenters. The second-order valence-corrected chi connectivity index (χ2v) is 8.14. The Bertz CT molecular complexity index is 1280. The topological polar surface area (TPSA) is 128 Å². The molecule has 0 saturated heterocycles. The number of methoxy groups -OCH3 is 1. The molecule has 0 aliphatic heterocycles. The summed E-state index contributed by atoms with van der Waals surface area (Å²) in [4.78, 5) is 33.1. The predicted octanol–water partition coefficient (Wildman–Crippen LogP) is 3.46. The third-order valence-corrected chi connectivity index (χ3v) is 5.53. The molecule has 1 fully saturated rings. The van der Waals surface area contributed by atoms with Gasteiger partial charge in [0.25, 0.3) is 5.91 Å². The molecular weight excluding hydrogens is 479 g/mol. The minimum Gasteiger partial charge on any atom is -0.497 e. The van der Waals surface area contributed by atoms with E-state index in [1.54, 1.807) is 0 Å². The highest BCUT2D eigenvalue weighted by molar-refractivity contribution is 6.00. The molecule has 0 atom stereocenters. The predicted molar refractivity (Wildman–Crippen MR) is 122 cm³/mol. The average Bonchev–Trinajstić information content (AvgIpc) is 3.63. The molecule has 1 aliphatic rings. The first-order valence-corrected chi connectivity index (χ1v) is 10.8. The Morgan fingerprint density at radius 2 is 1.83 bits per heavy atom. The zero-order valence-electron chi connectivity index (χ0n) is 19.1. The van der Waals surface area contributed by atoms with E-state index in [0.717, 1.165) is 6.07 Å². The van der Waals surface area contributed by atoms with Gasteiger partial charge in [0.2, 0.25) is 5.91 Å². The summed E-state index contributed by atoms with van der Waals surface area (Å²) in [6.45, 7) is 0.0509. The van der Waals surface area contributed by atoms with Gasteiger partial charge in [-0.05, 0) is 55.3 Å². The summed E-state index contributed by atoms with van der Waals surface area (Å²) in [6.07, 6.45) is -1.01. The van der Waals surface area contributed by atoms with Gasteiger partial charge < -0.3 is 25.8 Å². The number of nitrogen functional groups attached to an aromatic ring is 1. The van der Waals surface area contributed by atoms with E-state index < -0.39 is 28.9 Å². The lowest BCUT2D eigenvalue weighted by Crippen LogP contribution is -2.48. The number of nitrogens with one attached hydrogen (secondary N) is 2. The van der Waals surface area contributed by atoms with E-state index in [1.165, 1.54) is 55.9 Å². The number of halogens is 3. The quantitative estimate of drug-likeness (QED) is 0.431. The van der Waals surface area contributed by atoms with Crippen LogP contribution in [0.3, 0.4) is 0 Å². The molecule has 0 bridgehead atoms. The van der Waals surface area contributed by atoms with Crippen molar-refractivity contribution in [3.05, 3.63) is 71.7 Å². The molecule has 3 aromatic rings. The number of rotatable bonds is 8. The fourth-order valence-corrected chi connectivity index (χ4v) is 3.40. The van der Waals surface area contributed by atoms with Gasteiger partial charge in [-0.2, -0.15) is 13.2 Å². The van der Waals surface area contributed by atoms with Crippen molar-refractivity contribution < 1.29 is 32.2 Å². The summed E-state index contributed by atoms with van der Waals surface area (Å²) in [5, 5.41) is 5.46. The highest BCUT2D eigenvalue weighted by atomic mass is 19.4. The number of pyridine rings is 2. The molecule has 188 valence electrons. The van der Waals surface area contributed by atoms with Gasteiger partial charge in [-0.25, -0.2) is 4.98 Å². The molecular formula is C24H22F3N5O4. The first-order chi connectivity index (χ1) is 17.1. The largest absolute Gasteiger partial charge is 0.497 e. The van der Waals surface area contributed by atoms with Crippen LogP contribution in [0.4, 0.5) is 19.0 Å². The lowest BCUT2D eigenvalue weighted by Gasteiger charge is -2.17. The van der Waals surface area contributed by atoms with Crippen molar-refractivity contribution in [1.29, 1.82) is 0 Å². The highest BCUT2D eigenvalue weighted by Gasteiger charge is 2.51. The number of nitrogens with zero attached hydrogens (tertiary/aromatic N) is 2. The van der Waals surface area contributed by atoms with Crippen LogP contribution in [0.25, 0.3) is 0 Å². The number of ether oxygens (including phenoxy) is 2. The van der Waals surface area contributed by atoms with Gasteiger partial charge in [0.05, 0.1) is 25.5 Å². The SMILES string of the molecule is COc1ccc(Oc2ccc(CNC(=O)C3(NC(=O)c4ccnc(N)c4)CC3)nc2)c(C(F)(F)F)c1. The highest BCUT2D eigenvalue weighted by Crippen LogP contribution is 2.40. The first kappa shape index (κ1) is 24.8. The van der Waals surface area contributed by atoms with Crippen LogP contribution in [0.5, 0.6) is 17.2 Å². The van der Waals surface area contributed by atoms with Crippen molar-refractivity contribution in [1.82, 2.24) is 20.6 Å². The van der Waals surface area contributed by atoms with E-state index in [9.17, 15) is 22.8 Å². The number of amides is 2. The van der Waals surface area contributed by atoms with Crippen LogP contribution in [-0.4, -0.2) is 34.4 Å². The van der Waals surface area contributed by atoms with Crippen LogP contribution in [0.2, 0.25) is 0 Å². The van der Waals surface area contributed by atoms with E-state index in [1.807, 2.05) is 0 Å². The number of carbonyl (C=O) groups is 2. The Morgan fingerprint density at radius 1 is 1.08 bits per heavy atom. The molecule has 2 aromatic heterocycles. The standard InChI is InChI=1S/C24H22F3N5O4/c1-35-16-4-5-19(18(11-16)24(25,26)27)36-17-3-2-15(30-13-17)12-31-22(34)23(7-8-23)32-21(33)14-6-9-29-20(28)10-14/h2-6,9-11,13H,7-8,12H2,1H3,(H2,28,29)(H,31,34)(H,32,33). The van der Waals surface area contributed by atoms with Crippen molar-refractivity contribution in [2.24, 2.45) is 0 Å². The van der Waals surface area contributed by atoms with Crippen molar-refractivity contribution in [3.63, 3.8) is 0 Å². The van der Waals surface area contributed by atoms with Crippen LogP contribution in [0.1, 0.15) is 34.5 Å². The van der Waals surface area contributed by atoms with Crippen LogP contribution >= 0.6 is 0 Å². The van der Waals surface area contributed by atoms with Gasteiger partial charge in [-0.15, -0.1) is 0 Å². The lowest BCUT2D eigenvalue weighted by molar-refractivity contribution is -0.138. The van der Waals surface area contributed by atoms with E-state index in [2.05, 4.69) is 20.6 Å². The Labute approximate surface area is 203 Å². The molecule has 2 amide bonds. The number of anilines is 1. The number of hydrogen-bond donors (Lipinski definition) is 3. The smallest absolute Gasteiger partial charge is 0.420 e. The first-order valence-electron chi connectivity index (χ1n) is 10.8. The minimum absolute atomic E-state index is 0.0495. The number of benzene rings is 1. The summed E-state index contributed by atoms with van der Waals surface area (Å²) in [7, 11) is 1.27. The lowest BCUT2D eigenvalue weighted by atomic mass is 10.2. The molecule has 4 rings (SSSR count). The maximum atomic E-state index is 13.4. The second-order valence-electron chi connectivity index (χ2n) is 8.14. The minimum atomic E-state index is -4.64. The number of nitrogens with two attached hydrogens (primary N) is 1. The van der Waals surface area contributed by atoms with Gasteiger partial charge in [0, 0.05) is 11.8 Å². The van der Waals surface area contributed by atoms with Gasteiger partial charge in [0.1, 0.15) is 34.2 Å². The molecule has 0 spiro atoms. The number of alkyl halides is 3. The van der Waals surface area contributed by atoms with Crippen molar-refractivity contribution in [2.75, 3.05) is 12.8 Å². The van der Waals surface area contributed by atoms with Crippen LogP contribution < -0.4 is 25.8 Å². The van der Waals surface area contributed by atoms with E-state index in [4.69, 9.17) is 15.2 Å². The van der Waals surface area contributed by atoms with Crippen LogP contribution in [-0.2, 0) is 17.5 Å². The third kappa shape index (κ3) is 5.65. The van der Waals surface area contributed by atoms with E-state index >= 15 is 0 Å². The molecule has 36 heavy (non-hydrogen) atoms. The Hall–Kier alpha value is -4.35. The number of hydrogen-bond acceptors (Lipinski definition) is 7.